The van der Waals surface area contributed by atoms with Crippen LogP contribution in [0.25, 0.3) is 0 Å². The average Bonchev–Trinajstić information content (AvgIpc) is 3.26. The van der Waals surface area contributed by atoms with Crippen LogP contribution in [0.15, 0.2) is 65.2 Å². The molecule has 0 radical (unpaired) electrons. The Morgan fingerprint density at radius 3 is 2.60 bits per heavy atom. The number of anilines is 1. The Bertz CT molecular complexity index is 1660. The van der Waals surface area contributed by atoms with Gasteiger partial charge in [0.1, 0.15) is 11.7 Å². The van der Waals surface area contributed by atoms with Crippen molar-refractivity contribution >= 4 is 17.5 Å². The minimum Gasteiger partial charge on any atom is -0.424 e. The second-order valence-corrected chi connectivity index (χ2v) is 12.8. The van der Waals surface area contributed by atoms with Crippen molar-refractivity contribution in [2.24, 2.45) is 12.5 Å². The van der Waals surface area contributed by atoms with Crippen LogP contribution in [0.5, 0.6) is 0 Å². The lowest BCUT2D eigenvalue weighted by Gasteiger charge is -2.30. The van der Waals surface area contributed by atoms with Crippen LogP contribution in [0.3, 0.4) is 0 Å². The summed E-state index contributed by atoms with van der Waals surface area (Å²) in [5.74, 6) is 0.969. The molecule has 1 unspecified atom stereocenters. The fraction of sp³-hybridized carbons (Fsp3) is 0.424. The SMILES string of the molecule is Cn1nccc1C(=O)N[C@H](C(=O)Nc1cccc(C(C)(C)c2nnc(C3CCC3)o2)c1)C1c2ccccc2CC12CC2. The number of aryl methyl sites for hydroxylation is 1. The van der Waals surface area contributed by atoms with Crippen LogP contribution in [-0.2, 0) is 23.7 Å². The Hall–Kier alpha value is -4.27. The Morgan fingerprint density at radius 2 is 1.88 bits per heavy atom. The quantitative estimate of drug-likeness (QED) is 0.302. The van der Waals surface area contributed by atoms with Gasteiger partial charge in [0.05, 0.1) is 5.41 Å². The number of rotatable bonds is 8. The van der Waals surface area contributed by atoms with Crippen LogP contribution < -0.4 is 10.6 Å². The predicted octanol–water partition coefficient (Wildman–Crippen LogP) is 5.25. The van der Waals surface area contributed by atoms with E-state index in [2.05, 4.69) is 51.9 Å². The van der Waals surface area contributed by atoms with Crippen LogP contribution in [0.1, 0.15) is 96.7 Å². The number of benzene rings is 2. The molecular formula is C33H36N6O3. The highest BCUT2D eigenvalue weighted by atomic mass is 16.4. The van der Waals surface area contributed by atoms with E-state index in [-0.39, 0.29) is 23.1 Å². The molecular weight excluding hydrogens is 528 g/mol. The van der Waals surface area contributed by atoms with E-state index in [1.54, 1.807) is 19.3 Å². The van der Waals surface area contributed by atoms with Crippen molar-refractivity contribution < 1.29 is 14.0 Å². The second kappa shape index (κ2) is 9.93. The van der Waals surface area contributed by atoms with Crippen molar-refractivity contribution in [2.45, 2.75) is 75.7 Å². The molecule has 216 valence electrons. The van der Waals surface area contributed by atoms with E-state index in [1.807, 2.05) is 36.4 Å². The lowest BCUT2D eigenvalue weighted by atomic mass is 9.82. The molecule has 2 fully saturated rings. The molecule has 2 aromatic heterocycles. The van der Waals surface area contributed by atoms with E-state index in [1.165, 1.54) is 16.7 Å². The van der Waals surface area contributed by atoms with Crippen molar-refractivity contribution in [1.82, 2.24) is 25.3 Å². The number of nitrogens with zero attached hydrogens (tertiary/aromatic N) is 4. The molecule has 9 nitrogen and oxygen atoms in total. The van der Waals surface area contributed by atoms with Gasteiger partial charge in [0.2, 0.25) is 17.7 Å². The van der Waals surface area contributed by atoms with Gasteiger partial charge in [-0.2, -0.15) is 5.10 Å². The maximum atomic E-state index is 14.2. The van der Waals surface area contributed by atoms with Crippen molar-refractivity contribution in [1.29, 1.82) is 0 Å². The van der Waals surface area contributed by atoms with E-state index in [4.69, 9.17) is 4.42 Å². The molecule has 2 aromatic carbocycles. The number of fused-ring (bicyclic) bond motifs is 1. The summed E-state index contributed by atoms with van der Waals surface area (Å²) < 4.78 is 7.65. The Labute approximate surface area is 245 Å². The van der Waals surface area contributed by atoms with E-state index in [0.717, 1.165) is 43.2 Å². The lowest BCUT2D eigenvalue weighted by molar-refractivity contribution is -0.118. The van der Waals surface area contributed by atoms with Gasteiger partial charge in [0, 0.05) is 30.8 Å². The fourth-order valence-electron chi connectivity index (χ4n) is 6.75. The van der Waals surface area contributed by atoms with Gasteiger partial charge in [-0.25, -0.2) is 0 Å². The maximum absolute atomic E-state index is 14.2. The predicted molar refractivity (Wildman–Crippen MR) is 157 cm³/mol. The number of hydrogen-bond donors (Lipinski definition) is 2. The number of hydrogen-bond acceptors (Lipinski definition) is 6. The molecule has 3 aliphatic carbocycles. The molecule has 7 rings (SSSR count). The van der Waals surface area contributed by atoms with E-state index in [0.29, 0.717) is 29.1 Å². The summed E-state index contributed by atoms with van der Waals surface area (Å²) in [4.78, 5) is 27.6. The van der Waals surface area contributed by atoms with Gasteiger partial charge in [-0.05, 0) is 86.3 Å². The summed E-state index contributed by atoms with van der Waals surface area (Å²) in [5, 5.41) is 19.1. The summed E-state index contributed by atoms with van der Waals surface area (Å²) in [6, 6.07) is 17.0. The first kappa shape index (κ1) is 26.6. The molecule has 0 bridgehead atoms. The number of nitrogens with one attached hydrogen (secondary N) is 2. The van der Waals surface area contributed by atoms with Crippen molar-refractivity contribution in [3.8, 4) is 0 Å². The second-order valence-electron chi connectivity index (χ2n) is 12.8. The third-order valence-electron chi connectivity index (χ3n) is 9.72. The molecule has 4 aromatic rings. The third kappa shape index (κ3) is 4.51. The minimum atomic E-state index is -0.754. The number of carbonyl (C=O) groups is 2. The molecule has 2 N–H and O–H groups in total. The van der Waals surface area contributed by atoms with Gasteiger partial charge in [-0.3, -0.25) is 14.3 Å². The highest BCUT2D eigenvalue weighted by molar-refractivity contribution is 6.01. The van der Waals surface area contributed by atoms with E-state index in [9.17, 15) is 9.59 Å². The maximum Gasteiger partial charge on any atom is 0.270 e. The van der Waals surface area contributed by atoms with Crippen LogP contribution >= 0.6 is 0 Å². The molecule has 1 spiro atoms. The topological polar surface area (TPSA) is 115 Å². The van der Waals surface area contributed by atoms with Gasteiger partial charge in [-0.15, -0.1) is 10.2 Å². The zero-order valence-electron chi connectivity index (χ0n) is 24.3. The first-order valence-corrected chi connectivity index (χ1v) is 14.9. The van der Waals surface area contributed by atoms with E-state index >= 15 is 0 Å². The summed E-state index contributed by atoms with van der Waals surface area (Å²) >= 11 is 0. The van der Waals surface area contributed by atoms with Crippen molar-refractivity contribution in [3.63, 3.8) is 0 Å². The molecule has 42 heavy (non-hydrogen) atoms. The fourth-order valence-corrected chi connectivity index (χ4v) is 6.75. The van der Waals surface area contributed by atoms with Gasteiger partial charge in [-0.1, -0.05) is 42.8 Å². The van der Waals surface area contributed by atoms with E-state index < -0.39 is 11.5 Å². The van der Waals surface area contributed by atoms with Gasteiger partial charge in [0.15, 0.2) is 0 Å². The monoisotopic (exact) mass is 564 g/mol. The normalized spacial score (nSPS) is 19.6. The standard InChI is InChI=1S/C33H36N6O3/c1-32(2,31-38-37-30(42-31)20-9-6-10-20)22-11-7-12-23(18-22)35-29(41)27(36-28(40)25-14-17-34-39(25)3)26-24-13-5-4-8-21(24)19-33(26)15-16-33/h4-5,7-8,11-14,17-18,20,26-27H,6,9-10,15-16,19H2,1-3H3,(H,35,41)(H,36,40)/t26?,27-/m0/s1. The Morgan fingerprint density at radius 1 is 1.07 bits per heavy atom. The smallest absolute Gasteiger partial charge is 0.270 e. The van der Waals surface area contributed by atoms with Gasteiger partial charge < -0.3 is 15.1 Å². The lowest BCUT2D eigenvalue weighted by Crippen LogP contribution is -2.49. The van der Waals surface area contributed by atoms with Crippen LogP contribution in [0, 0.1) is 5.41 Å². The first-order valence-electron chi connectivity index (χ1n) is 14.9. The Balaban J connectivity index is 1.18. The van der Waals surface area contributed by atoms with Crippen LogP contribution in [-0.4, -0.2) is 37.8 Å². The molecule has 9 heteroatoms. The highest BCUT2D eigenvalue weighted by Gasteiger charge is 2.58. The third-order valence-corrected chi connectivity index (χ3v) is 9.72. The highest BCUT2D eigenvalue weighted by Crippen LogP contribution is 2.64. The molecule has 2 atom stereocenters. The summed E-state index contributed by atoms with van der Waals surface area (Å²) in [7, 11) is 1.73. The van der Waals surface area contributed by atoms with Gasteiger partial charge >= 0.3 is 0 Å². The van der Waals surface area contributed by atoms with Crippen LogP contribution in [0.4, 0.5) is 5.69 Å². The van der Waals surface area contributed by atoms with Crippen molar-refractivity contribution in [3.05, 3.63) is 95.0 Å². The molecule has 2 amide bonds. The molecule has 2 heterocycles. The molecule has 0 aliphatic heterocycles. The molecule has 2 saturated carbocycles. The van der Waals surface area contributed by atoms with Crippen LogP contribution in [0.2, 0.25) is 0 Å². The summed E-state index contributed by atoms with van der Waals surface area (Å²) in [6.07, 6.45) is 7.97. The number of aromatic nitrogens is 4. The first-order chi connectivity index (χ1) is 20.2. The van der Waals surface area contributed by atoms with Crippen molar-refractivity contribution in [2.75, 3.05) is 5.32 Å². The molecule has 0 saturated heterocycles. The largest absolute Gasteiger partial charge is 0.424 e. The summed E-state index contributed by atoms with van der Waals surface area (Å²) in [6.45, 7) is 4.10. The number of amides is 2. The Kier molecular flexibility index (Phi) is 6.29. The van der Waals surface area contributed by atoms with Gasteiger partial charge in [0.25, 0.3) is 5.91 Å². The zero-order chi connectivity index (χ0) is 29.1. The average molecular weight is 565 g/mol. The minimum absolute atomic E-state index is 0.00856. The zero-order valence-corrected chi connectivity index (χ0v) is 24.3. The number of carbonyl (C=O) groups excluding carboxylic acids is 2. The molecule has 3 aliphatic rings. The summed E-state index contributed by atoms with van der Waals surface area (Å²) in [5.41, 5.74) is 3.86.